The number of hydrogen-bond acceptors (Lipinski definition) is 3. The Bertz CT molecular complexity index is 572. The first-order valence-corrected chi connectivity index (χ1v) is 8.46. The Balaban J connectivity index is 0.00000156. The zero-order valence-corrected chi connectivity index (χ0v) is 14.2. The quantitative estimate of drug-likeness (QED) is 0.855. The van der Waals surface area contributed by atoms with Crippen LogP contribution < -0.4 is 10.1 Å². The van der Waals surface area contributed by atoms with Crippen LogP contribution in [0.2, 0.25) is 0 Å². The maximum absolute atomic E-state index is 12.9. The molecule has 0 aliphatic carbocycles. The number of benzene rings is 1. The Morgan fingerprint density at radius 2 is 2.00 bits per heavy atom. The SMILES string of the molecule is Cl.O=C(C1COc2ccccc2C1)N1CCC2(CCNCC2)C1. The van der Waals surface area contributed by atoms with E-state index >= 15 is 0 Å². The van der Waals surface area contributed by atoms with Crippen molar-refractivity contribution < 1.29 is 9.53 Å². The maximum Gasteiger partial charge on any atom is 0.229 e. The molecular formula is C18H25ClN2O2. The molecule has 1 aromatic rings. The molecule has 4 nitrogen and oxygen atoms in total. The van der Waals surface area contributed by atoms with Crippen molar-refractivity contribution in [1.82, 2.24) is 10.2 Å². The predicted molar refractivity (Wildman–Crippen MR) is 92.1 cm³/mol. The van der Waals surface area contributed by atoms with Gasteiger partial charge in [-0.3, -0.25) is 4.79 Å². The highest BCUT2D eigenvalue weighted by Gasteiger charge is 2.42. The highest BCUT2D eigenvalue weighted by molar-refractivity contribution is 5.85. The second-order valence-corrected chi connectivity index (χ2v) is 7.08. The number of halogens is 1. The summed E-state index contributed by atoms with van der Waals surface area (Å²) in [4.78, 5) is 15.0. The minimum absolute atomic E-state index is 0. The van der Waals surface area contributed by atoms with Crippen molar-refractivity contribution in [3.8, 4) is 5.75 Å². The summed E-state index contributed by atoms with van der Waals surface area (Å²) in [6, 6.07) is 8.08. The minimum Gasteiger partial charge on any atom is -0.492 e. The van der Waals surface area contributed by atoms with E-state index in [0.717, 1.165) is 38.3 Å². The van der Waals surface area contributed by atoms with Crippen molar-refractivity contribution in [2.24, 2.45) is 11.3 Å². The van der Waals surface area contributed by atoms with Crippen LogP contribution in [0.15, 0.2) is 24.3 Å². The first-order valence-electron chi connectivity index (χ1n) is 8.46. The second kappa shape index (κ2) is 6.70. The molecule has 0 bridgehead atoms. The maximum atomic E-state index is 12.9. The number of rotatable bonds is 1. The van der Waals surface area contributed by atoms with Gasteiger partial charge in [0, 0.05) is 13.1 Å². The van der Waals surface area contributed by atoms with E-state index in [9.17, 15) is 4.79 Å². The standard InChI is InChI=1S/C18H24N2O2.ClH/c21-17(15-11-14-3-1-2-4-16(14)22-12-15)20-10-7-18(13-20)5-8-19-9-6-18;/h1-4,15,19H,5-13H2;1H. The van der Waals surface area contributed by atoms with Crippen LogP contribution >= 0.6 is 12.4 Å². The van der Waals surface area contributed by atoms with Gasteiger partial charge in [0.25, 0.3) is 0 Å². The fourth-order valence-electron chi connectivity index (χ4n) is 4.23. The zero-order chi connectivity index (χ0) is 15.0. The van der Waals surface area contributed by atoms with E-state index in [4.69, 9.17) is 4.74 Å². The van der Waals surface area contributed by atoms with Crippen molar-refractivity contribution in [1.29, 1.82) is 0 Å². The molecule has 1 aromatic carbocycles. The van der Waals surface area contributed by atoms with E-state index < -0.39 is 0 Å². The van der Waals surface area contributed by atoms with Crippen LogP contribution in [0.5, 0.6) is 5.75 Å². The molecule has 0 radical (unpaired) electrons. The summed E-state index contributed by atoms with van der Waals surface area (Å²) in [7, 11) is 0. The normalized spacial score (nSPS) is 25.4. The number of carbonyl (C=O) groups excluding carboxylic acids is 1. The summed E-state index contributed by atoms with van der Waals surface area (Å²) in [5.74, 6) is 1.24. The van der Waals surface area contributed by atoms with Crippen molar-refractivity contribution in [2.75, 3.05) is 32.8 Å². The van der Waals surface area contributed by atoms with E-state index in [1.54, 1.807) is 0 Å². The molecule has 2 saturated heterocycles. The summed E-state index contributed by atoms with van der Waals surface area (Å²) < 4.78 is 5.80. The van der Waals surface area contributed by atoms with Gasteiger partial charge in [-0.15, -0.1) is 12.4 Å². The molecule has 4 rings (SSSR count). The summed E-state index contributed by atoms with van der Waals surface area (Å²) in [6.45, 7) is 4.60. The van der Waals surface area contributed by atoms with Crippen LogP contribution in [0.4, 0.5) is 0 Å². The third-order valence-electron chi connectivity index (χ3n) is 5.64. The first kappa shape index (κ1) is 16.6. The number of nitrogens with zero attached hydrogens (tertiary/aromatic N) is 1. The highest BCUT2D eigenvalue weighted by atomic mass is 35.5. The van der Waals surface area contributed by atoms with Crippen molar-refractivity contribution in [3.05, 3.63) is 29.8 Å². The molecule has 0 saturated carbocycles. The number of para-hydroxylation sites is 1. The van der Waals surface area contributed by atoms with Gasteiger partial charge in [-0.1, -0.05) is 18.2 Å². The molecule has 126 valence electrons. The van der Waals surface area contributed by atoms with Gasteiger partial charge in [-0.2, -0.15) is 0 Å². The largest absolute Gasteiger partial charge is 0.492 e. The van der Waals surface area contributed by atoms with E-state index in [-0.39, 0.29) is 18.3 Å². The molecule has 2 fully saturated rings. The van der Waals surface area contributed by atoms with Crippen molar-refractivity contribution in [2.45, 2.75) is 25.7 Å². The summed E-state index contributed by atoms with van der Waals surface area (Å²) in [5.41, 5.74) is 1.55. The third kappa shape index (κ3) is 3.20. The first-order chi connectivity index (χ1) is 10.8. The molecular weight excluding hydrogens is 312 g/mol. The van der Waals surface area contributed by atoms with Gasteiger partial charge in [0.1, 0.15) is 12.4 Å². The topological polar surface area (TPSA) is 41.6 Å². The summed E-state index contributed by atoms with van der Waals surface area (Å²) >= 11 is 0. The summed E-state index contributed by atoms with van der Waals surface area (Å²) in [6.07, 6.45) is 4.41. The van der Waals surface area contributed by atoms with Gasteiger partial charge in [-0.05, 0) is 55.8 Å². The molecule has 5 heteroatoms. The van der Waals surface area contributed by atoms with Crippen LogP contribution in [0.25, 0.3) is 0 Å². The number of amides is 1. The van der Waals surface area contributed by atoms with Crippen molar-refractivity contribution in [3.63, 3.8) is 0 Å². The van der Waals surface area contributed by atoms with Gasteiger partial charge in [0.15, 0.2) is 0 Å². The van der Waals surface area contributed by atoms with Gasteiger partial charge in [-0.25, -0.2) is 0 Å². The average Bonchev–Trinajstić information content (AvgIpc) is 2.98. The fraction of sp³-hybridized carbons (Fsp3) is 0.611. The van der Waals surface area contributed by atoms with Gasteiger partial charge < -0.3 is 15.0 Å². The molecule has 1 unspecified atom stereocenters. The lowest BCUT2D eigenvalue weighted by Gasteiger charge is -2.34. The Morgan fingerprint density at radius 3 is 2.83 bits per heavy atom. The smallest absolute Gasteiger partial charge is 0.229 e. The molecule has 1 spiro atoms. The molecule has 0 aromatic heterocycles. The Kier molecular flexibility index (Phi) is 4.83. The Hall–Kier alpha value is -1.26. The number of fused-ring (bicyclic) bond motifs is 1. The molecule has 1 atom stereocenters. The highest BCUT2D eigenvalue weighted by Crippen LogP contribution is 2.39. The zero-order valence-electron chi connectivity index (χ0n) is 13.4. The Morgan fingerprint density at radius 1 is 1.22 bits per heavy atom. The Labute approximate surface area is 144 Å². The van der Waals surface area contributed by atoms with Crippen LogP contribution in [-0.2, 0) is 11.2 Å². The molecule has 3 aliphatic heterocycles. The molecule has 3 aliphatic rings. The lowest BCUT2D eigenvalue weighted by Crippen LogP contribution is -2.43. The lowest BCUT2D eigenvalue weighted by atomic mass is 9.78. The number of piperidine rings is 1. The number of likely N-dealkylation sites (tertiary alicyclic amines) is 1. The second-order valence-electron chi connectivity index (χ2n) is 7.08. The van der Waals surface area contributed by atoms with E-state index in [0.29, 0.717) is 17.9 Å². The van der Waals surface area contributed by atoms with E-state index in [1.807, 2.05) is 18.2 Å². The van der Waals surface area contributed by atoms with Crippen LogP contribution in [-0.4, -0.2) is 43.6 Å². The van der Waals surface area contributed by atoms with Gasteiger partial charge in [0.05, 0.1) is 5.92 Å². The monoisotopic (exact) mass is 336 g/mol. The number of ether oxygens (including phenoxy) is 1. The van der Waals surface area contributed by atoms with E-state index in [2.05, 4.69) is 16.3 Å². The van der Waals surface area contributed by atoms with Crippen molar-refractivity contribution >= 4 is 18.3 Å². The number of carbonyl (C=O) groups is 1. The van der Waals surface area contributed by atoms with Crippen LogP contribution in [0, 0.1) is 11.3 Å². The minimum atomic E-state index is -0.00762. The number of hydrogen-bond donors (Lipinski definition) is 1. The lowest BCUT2D eigenvalue weighted by molar-refractivity contribution is -0.136. The summed E-state index contributed by atoms with van der Waals surface area (Å²) in [5, 5.41) is 3.43. The van der Waals surface area contributed by atoms with Crippen LogP contribution in [0.3, 0.4) is 0 Å². The predicted octanol–water partition coefficient (Wildman–Crippen LogP) is 2.26. The van der Waals surface area contributed by atoms with Gasteiger partial charge >= 0.3 is 0 Å². The molecule has 23 heavy (non-hydrogen) atoms. The third-order valence-corrected chi connectivity index (χ3v) is 5.64. The van der Waals surface area contributed by atoms with Crippen LogP contribution in [0.1, 0.15) is 24.8 Å². The molecule has 1 N–H and O–H groups in total. The number of nitrogens with one attached hydrogen (secondary N) is 1. The fourth-order valence-corrected chi connectivity index (χ4v) is 4.23. The average molecular weight is 337 g/mol. The molecule has 1 amide bonds. The van der Waals surface area contributed by atoms with Gasteiger partial charge in [0.2, 0.25) is 5.91 Å². The molecule has 3 heterocycles. The van der Waals surface area contributed by atoms with E-state index in [1.165, 1.54) is 24.8 Å².